The van der Waals surface area contributed by atoms with E-state index in [0.717, 1.165) is 5.56 Å². The fraction of sp³-hybridized carbons (Fsp3) is 0.250. The Morgan fingerprint density at radius 3 is 1.75 bits per heavy atom. The maximum atomic E-state index is 10.5. The van der Waals surface area contributed by atoms with Gasteiger partial charge in [-0.15, -0.1) is 0 Å². The zero-order valence-corrected chi connectivity index (χ0v) is 12.9. The van der Waals surface area contributed by atoms with Crippen molar-refractivity contribution >= 4 is 17.3 Å². The van der Waals surface area contributed by atoms with Crippen molar-refractivity contribution in [1.29, 1.82) is 0 Å². The molecule has 0 saturated heterocycles. The van der Waals surface area contributed by atoms with E-state index in [1.165, 1.54) is 17.2 Å². The highest BCUT2D eigenvalue weighted by Crippen LogP contribution is 2.26. The van der Waals surface area contributed by atoms with Crippen LogP contribution in [0, 0.1) is 37.8 Å². The molecule has 0 saturated carbocycles. The van der Waals surface area contributed by atoms with Crippen molar-refractivity contribution in [2.75, 3.05) is 0 Å². The fourth-order valence-electron chi connectivity index (χ4n) is 1.62. The monoisotopic (exact) mass is 291 g/mol. The van der Waals surface area contributed by atoms with Crippen LogP contribution in [0.15, 0.2) is 36.4 Å². The van der Waals surface area contributed by atoms with Crippen LogP contribution in [0.2, 0.25) is 5.02 Å². The van der Waals surface area contributed by atoms with Crippen LogP contribution in [0.25, 0.3) is 0 Å². The Hall–Kier alpha value is -1.87. The molecule has 0 aromatic heterocycles. The predicted octanol–water partition coefficient (Wildman–Crippen LogP) is 5.17. The highest BCUT2D eigenvalue weighted by molar-refractivity contribution is 6.31. The van der Waals surface area contributed by atoms with E-state index >= 15 is 0 Å². The van der Waals surface area contributed by atoms with Crippen molar-refractivity contribution in [2.45, 2.75) is 27.7 Å². The van der Waals surface area contributed by atoms with Crippen LogP contribution >= 0.6 is 11.6 Å². The second kappa shape index (κ2) is 7.06. The van der Waals surface area contributed by atoms with Gasteiger partial charge >= 0.3 is 0 Å². The summed E-state index contributed by atoms with van der Waals surface area (Å²) in [6.45, 7) is 7.61. The van der Waals surface area contributed by atoms with Crippen molar-refractivity contribution in [1.82, 2.24) is 0 Å². The van der Waals surface area contributed by atoms with E-state index in [1.807, 2.05) is 0 Å². The smallest absolute Gasteiger partial charge is 0.258 e. The lowest BCUT2D eigenvalue weighted by Crippen LogP contribution is -1.92. The molecule has 0 atom stereocenters. The summed E-state index contributed by atoms with van der Waals surface area (Å²) in [4.78, 5) is 10.1. The van der Waals surface area contributed by atoms with E-state index in [0.29, 0.717) is 10.6 Å². The highest BCUT2D eigenvalue weighted by atomic mass is 35.5. The third kappa shape index (κ3) is 4.67. The molecule has 2 aromatic carbocycles. The van der Waals surface area contributed by atoms with Gasteiger partial charge in [-0.05, 0) is 39.3 Å². The van der Waals surface area contributed by atoms with Crippen LogP contribution in [0.3, 0.4) is 0 Å². The Kier molecular flexibility index (Phi) is 5.71. The van der Waals surface area contributed by atoms with Crippen molar-refractivity contribution in [2.24, 2.45) is 0 Å². The summed E-state index contributed by atoms with van der Waals surface area (Å²) in [7, 11) is 0. The van der Waals surface area contributed by atoms with Gasteiger partial charge in [-0.2, -0.15) is 0 Å². The summed E-state index contributed by atoms with van der Waals surface area (Å²) in [5.74, 6) is 0. The third-order valence-corrected chi connectivity index (χ3v) is 3.27. The van der Waals surface area contributed by atoms with Crippen LogP contribution in [0.1, 0.15) is 22.3 Å². The van der Waals surface area contributed by atoms with Crippen LogP contribution in [0.4, 0.5) is 5.69 Å². The number of nitro groups is 1. The largest absolute Gasteiger partial charge is 0.274 e. The number of nitrogens with zero attached hydrogens (tertiary/aromatic N) is 1. The number of halogens is 1. The number of hydrogen-bond acceptors (Lipinski definition) is 2. The molecule has 0 bridgehead atoms. The number of nitro benzene ring substituents is 1. The summed E-state index contributed by atoms with van der Waals surface area (Å²) in [5, 5.41) is 10.9. The molecule has 0 heterocycles. The molecule has 0 radical (unpaired) electrons. The first-order valence-electron chi connectivity index (χ1n) is 6.25. The normalized spacial score (nSPS) is 9.65. The number of hydrogen-bond donors (Lipinski definition) is 0. The molecule has 0 aliphatic carbocycles. The molecule has 0 amide bonds. The van der Waals surface area contributed by atoms with E-state index in [-0.39, 0.29) is 5.69 Å². The van der Waals surface area contributed by atoms with Gasteiger partial charge in [-0.25, -0.2) is 0 Å². The minimum atomic E-state index is -0.422. The molecule has 0 aliphatic heterocycles. The van der Waals surface area contributed by atoms with Gasteiger partial charge in [-0.3, -0.25) is 10.1 Å². The Balaban J connectivity index is 0.000000217. The molecule has 4 heteroatoms. The third-order valence-electron chi connectivity index (χ3n) is 2.88. The Morgan fingerprint density at radius 1 is 0.900 bits per heavy atom. The summed E-state index contributed by atoms with van der Waals surface area (Å²) in [5.41, 5.74) is 4.07. The van der Waals surface area contributed by atoms with E-state index < -0.39 is 4.92 Å². The number of rotatable bonds is 1. The zero-order valence-electron chi connectivity index (χ0n) is 12.1. The van der Waals surface area contributed by atoms with Crippen molar-refractivity contribution in [3.8, 4) is 0 Å². The molecule has 3 nitrogen and oxygen atoms in total. The van der Waals surface area contributed by atoms with Gasteiger partial charge in [0, 0.05) is 11.6 Å². The lowest BCUT2D eigenvalue weighted by Gasteiger charge is -2.00. The first-order valence-corrected chi connectivity index (χ1v) is 6.63. The Labute approximate surface area is 124 Å². The Morgan fingerprint density at radius 2 is 1.35 bits per heavy atom. The average Bonchev–Trinajstić information content (AvgIpc) is 2.38. The molecule has 0 spiro atoms. The molecule has 20 heavy (non-hydrogen) atoms. The molecule has 2 aromatic rings. The average molecular weight is 292 g/mol. The first kappa shape index (κ1) is 16.2. The van der Waals surface area contributed by atoms with Gasteiger partial charge in [0.1, 0.15) is 0 Å². The molecule has 0 fully saturated rings. The second-order valence-corrected chi connectivity index (χ2v) is 5.21. The maximum Gasteiger partial charge on any atom is 0.274 e. The van der Waals surface area contributed by atoms with Gasteiger partial charge in [-0.1, -0.05) is 47.0 Å². The topological polar surface area (TPSA) is 43.1 Å². The molecule has 106 valence electrons. The van der Waals surface area contributed by atoms with E-state index in [1.54, 1.807) is 19.9 Å². The SMILES string of the molecule is Cc1cc(Cl)c(C)c([N+](=O)[O-])c1.Cc1ccc(C)cc1. The standard InChI is InChI=1S/C8H8ClNO2.C8H10/c1-5-3-7(9)6(2)8(4-5)10(11)12;1-7-3-5-8(2)6-4-7/h3-4H,1-2H3;3-6H,1-2H3. The molecule has 0 unspecified atom stereocenters. The summed E-state index contributed by atoms with van der Waals surface area (Å²) in [6.07, 6.45) is 0. The van der Waals surface area contributed by atoms with Gasteiger partial charge in [0.25, 0.3) is 5.69 Å². The lowest BCUT2D eigenvalue weighted by atomic mass is 10.1. The van der Waals surface area contributed by atoms with E-state index in [4.69, 9.17) is 11.6 Å². The van der Waals surface area contributed by atoms with Gasteiger partial charge in [0.2, 0.25) is 0 Å². The minimum Gasteiger partial charge on any atom is -0.258 e. The van der Waals surface area contributed by atoms with Crippen molar-refractivity contribution in [3.63, 3.8) is 0 Å². The van der Waals surface area contributed by atoms with Gasteiger partial charge in [0.05, 0.1) is 9.95 Å². The first-order chi connectivity index (χ1) is 9.31. The second-order valence-electron chi connectivity index (χ2n) is 4.80. The molecular formula is C16H18ClNO2. The highest BCUT2D eigenvalue weighted by Gasteiger charge is 2.13. The fourth-order valence-corrected chi connectivity index (χ4v) is 1.89. The zero-order chi connectivity index (χ0) is 15.3. The van der Waals surface area contributed by atoms with E-state index in [2.05, 4.69) is 38.1 Å². The molecule has 2 rings (SSSR count). The summed E-state index contributed by atoms with van der Waals surface area (Å²) >= 11 is 5.76. The summed E-state index contributed by atoms with van der Waals surface area (Å²) in [6, 6.07) is 11.7. The Bertz CT molecular complexity index is 586. The van der Waals surface area contributed by atoms with Crippen molar-refractivity contribution < 1.29 is 4.92 Å². The van der Waals surface area contributed by atoms with Crippen molar-refractivity contribution in [3.05, 3.63) is 73.8 Å². The van der Waals surface area contributed by atoms with Crippen LogP contribution in [0.5, 0.6) is 0 Å². The quantitative estimate of drug-likeness (QED) is 0.537. The number of benzene rings is 2. The van der Waals surface area contributed by atoms with E-state index in [9.17, 15) is 10.1 Å². The minimum absolute atomic E-state index is 0.0833. The molecule has 0 N–H and O–H groups in total. The lowest BCUT2D eigenvalue weighted by molar-refractivity contribution is -0.385. The molecular weight excluding hydrogens is 274 g/mol. The molecule has 0 aliphatic rings. The maximum absolute atomic E-state index is 10.5. The van der Waals surface area contributed by atoms with Crippen LogP contribution in [-0.4, -0.2) is 4.92 Å². The van der Waals surface area contributed by atoms with Crippen LogP contribution in [-0.2, 0) is 0 Å². The van der Waals surface area contributed by atoms with Crippen LogP contribution < -0.4 is 0 Å². The van der Waals surface area contributed by atoms with Gasteiger partial charge < -0.3 is 0 Å². The van der Waals surface area contributed by atoms with Gasteiger partial charge in [0.15, 0.2) is 0 Å². The number of aryl methyl sites for hydroxylation is 3. The summed E-state index contributed by atoms with van der Waals surface area (Å²) < 4.78 is 0. The predicted molar refractivity (Wildman–Crippen MR) is 83.5 cm³/mol.